The number of benzene rings is 1. The molecular formula is C14H15BrFN3O2. The van der Waals surface area contributed by atoms with Crippen molar-refractivity contribution in [3.8, 4) is 11.4 Å². The normalized spacial score (nSPS) is 17.9. The lowest BCUT2D eigenvalue weighted by Crippen LogP contribution is -2.40. The van der Waals surface area contributed by atoms with E-state index in [0.29, 0.717) is 41.5 Å². The van der Waals surface area contributed by atoms with Gasteiger partial charge in [-0.2, -0.15) is 4.98 Å². The van der Waals surface area contributed by atoms with Crippen LogP contribution in [0, 0.1) is 5.82 Å². The highest BCUT2D eigenvalue weighted by Gasteiger charge is 2.38. The van der Waals surface area contributed by atoms with E-state index < -0.39 is 0 Å². The molecule has 21 heavy (non-hydrogen) atoms. The Labute approximate surface area is 129 Å². The van der Waals surface area contributed by atoms with Crippen molar-refractivity contribution in [3.63, 3.8) is 0 Å². The molecule has 1 aromatic carbocycles. The van der Waals surface area contributed by atoms with Crippen molar-refractivity contribution in [2.75, 3.05) is 19.8 Å². The van der Waals surface area contributed by atoms with Crippen molar-refractivity contribution in [1.29, 1.82) is 0 Å². The molecule has 2 heterocycles. The molecule has 0 aliphatic carbocycles. The minimum Gasteiger partial charge on any atom is -0.381 e. The first-order valence-electron chi connectivity index (χ1n) is 6.72. The molecule has 0 saturated carbocycles. The first-order chi connectivity index (χ1) is 10.1. The Morgan fingerprint density at radius 2 is 2.10 bits per heavy atom. The van der Waals surface area contributed by atoms with Crippen molar-refractivity contribution < 1.29 is 13.7 Å². The average Bonchev–Trinajstić information content (AvgIpc) is 3.00. The van der Waals surface area contributed by atoms with Crippen molar-refractivity contribution in [2.24, 2.45) is 5.73 Å². The van der Waals surface area contributed by atoms with Gasteiger partial charge in [-0.05, 0) is 31.0 Å². The summed E-state index contributed by atoms with van der Waals surface area (Å²) >= 11 is 3.37. The second kappa shape index (κ2) is 5.82. The lowest BCUT2D eigenvalue weighted by molar-refractivity contribution is 0.0409. The fraction of sp³-hybridized carbons (Fsp3) is 0.429. The summed E-state index contributed by atoms with van der Waals surface area (Å²) < 4.78 is 24.9. The van der Waals surface area contributed by atoms with Gasteiger partial charge in [0.25, 0.3) is 0 Å². The summed E-state index contributed by atoms with van der Waals surface area (Å²) in [5, 5.41) is 3.98. The molecule has 1 aliphatic heterocycles. The predicted octanol–water partition coefficient (Wildman–Crippen LogP) is 2.65. The molecule has 0 bridgehead atoms. The SMILES string of the molecule is NCC1(c2nc(-c3cc(F)ccc3Br)no2)CCOCC1. The van der Waals surface area contributed by atoms with E-state index >= 15 is 0 Å². The van der Waals surface area contributed by atoms with Gasteiger partial charge < -0.3 is 15.0 Å². The van der Waals surface area contributed by atoms with Gasteiger partial charge in [-0.1, -0.05) is 21.1 Å². The van der Waals surface area contributed by atoms with Gasteiger partial charge in [-0.3, -0.25) is 0 Å². The average molecular weight is 356 g/mol. The van der Waals surface area contributed by atoms with Gasteiger partial charge in [0.05, 0.1) is 5.41 Å². The van der Waals surface area contributed by atoms with E-state index in [1.165, 1.54) is 12.1 Å². The fourth-order valence-corrected chi connectivity index (χ4v) is 2.91. The number of nitrogens with zero attached hydrogens (tertiary/aromatic N) is 2. The largest absolute Gasteiger partial charge is 0.381 e. The van der Waals surface area contributed by atoms with Crippen LogP contribution >= 0.6 is 15.9 Å². The quantitative estimate of drug-likeness (QED) is 0.915. The van der Waals surface area contributed by atoms with Crippen molar-refractivity contribution >= 4 is 15.9 Å². The van der Waals surface area contributed by atoms with Crippen LogP contribution in [-0.2, 0) is 10.2 Å². The molecule has 0 unspecified atom stereocenters. The Kier molecular flexibility index (Phi) is 4.05. The lowest BCUT2D eigenvalue weighted by atomic mass is 9.80. The maximum Gasteiger partial charge on any atom is 0.234 e. The molecule has 0 radical (unpaired) electrons. The Morgan fingerprint density at radius 1 is 1.33 bits per heavy atom. The minimum absolute atomic E-state index is 0.344. The molecule has 112 valence electrons. The number of rotatable bonds is 3. The molecule has 0 amide bonds. The van der Waals surface area contributed by atoms with Crippen LogP contribution in [0.15, 0.2) is 27.2 Å². The van der Waals surface area contributed by atoms with Gasteiger partial charge in [0.1, 0.15) is 5.82 Å². The zero-order valence-corrected chi connectivity index (χ0v) is 12.9. The molecule has 3 rings (SSSR count). The summed E-state index contributed by atoms with van der Waals surface area (Å²) in [5.41, 5.74) is 6.14. The third-order valence-corrected chi connectivity index (χ3v) is 4.58. The van der Waals surface area contributed by atoms with E-state index in [2.05, 4.69) is 26.1 Å². The van der Waals surface area contributed by atoms with Crippen LogP contribution in [0.3, 0.4) is 0 Å². The number of aromatic nitrogens is 2. The maximum absolute atomic E-state index is 13.4. The van der Waals surface area contributed by atoms with Crippen LogP contribution in [0.25, 0.3) is 11.4 Å². The van der Waals surface area contributed by atoms with Crippen molar-refractivity contribution in [1.82, 2.24) is 10.1 Å². The van der Waals surface area contributed by atoms with Gasteiger partial charge in [-0.15, -0.1) is 0 Å². The molecule has 1 aliphatic rings. The van der Waals surface area contributed by atoms with E-state index in [0.717, 1.165) is 12.8 Å². The molecule has 2 N–H and O–H groups in total. The van der Waals surface area contributed by atoms with Gasteiger partial charge in [0.15, 0.2) is 0 Å². The zero-order valence-electron chi connectivity index (χ0n) is 11.3. The molecule has 0 spiro atoms. The molecule has 0 atom stereocenters. The Bertz CT molecular complexity index is 641. The lowest BCUT2D eigenvalue weighted by Gasteiger charge is -2.32. The van der Waals surface area contributed by atoms with E-state index in [4.69, 9.17) is 15.0 Å². The van der Waals surface area contributed by atoms with Gasteiger partial charge in [0, 0.05) is 29.8 Å². The van der Waals surface area contributed by atoms with Crippen LogP contribution in [0.5, 0.6) is 0 Å². The van der Waals surface area contributed by atoms with Crippen molar-refractivity contribution in [2.45, 2.75) is 18.3 Å². The highest BCUT2D eigenvalue weighted by Crippen LogP contribution is 2.35. The third kappa shape index (κ3) is 2.73. The monoisotopic (exact) mass is 355 g/mol. The third-order valence-electron chi connectivity index (χ3n) is 3.89. The van der Waals surface area contributed by atoms with Crippen LogP contribution in [0.1, 0.15) is 18.7 Å². The molecule has 1 saturated heterocycles. The summed E-state index contributed by atoms with van der Waals surface area (Å²) in [4.78, 5) is 4.44. The zero-order chi connectivity index (χ0) is 14.9. The van der Waals surface area contributed by atoms with Crippen molar-refractivity contribution in [3.05, 3.63) is 34.4 Å². The smallest absolute Gasteiger partial charge is 0.234 e. The predicted molar refractivity (Wildman–Crippen MR) is 78.2 cm³/mol. The molecular weight excluding hydrogens is 341 g/mol. The van der Waals surface area contributed by atoms with Crippen LogP contribution in [0.2, 0.25) is 0 Å². The van der Waals surface area contributed by atoms with E-state index in [-0.39, 0.29) is 11.2 Å². The topological polar surface area (TPSA) is 74.2 Å². The number of hydrogen-bond acceptors (Lipinski definition) is 5. The molecule has 5 nitrogen and oxygen atoms in total. The second-order valence-electron chi connectivity index (χ2n) is 5.14. The van der Waals surface area contributed by atoms with Crippen LogP contribution in [-0.4, -0.2) is 29.9 Å². The number of ether oxygens (including phenoxy) is 1. The molecule has 1 aromatic heterocycles. The maximum atomic E-state index is 13.4. The second-order valence-corrected chi connectivity index (χ2v) is 6.00. The Morgan fingerprint density at radius 3 is 2.81 bits per heavy atom. The first-order valence-corrected chi connectivity index (χ1v) is 7.51. The summed E-state index contributed by atoms with van der Waals surface area (Å²) in [7, 11) is 0. The fourth-order valence-electron chi connectivity index (χ4n) is 2.48. The van der Waals surface area contributed by atoms with Gasteiger partial charge in [0.2, 0.25) is 11.7 Å². The standard InChI is InChI=1S/C14H15BrFN3O2/c15-11-2-1-9(16)7-10(11)12-18-13(21-19-12)14(8-17)3-5-20-6-4-14/h1-2,7H,3-6,8,17H2. The molecule has 7 heteroatoms. The number of halogens is 2. The number of hydrogen-bond donors (Lipinski definition) is 1. The Hall–Kier alpha value is -1.31. The van der Waals surface area contributed by atoms with E-state index in [9.17, 15) is 4.39 Å². The van der Waals surface area contributed by atoms with E-state index in [1.807, 2.05) is 0 Å². The molecule has 1 fully saturated rings. The van der Waals surface area contributed by atoms with Crippen LogP contribution < -0.4 is 5.73 Å². The Balaban J connectivity index is 1.97. The highest BCUT2D eigenvalue weighted by atomic mass is 79.9. The molecule has 2 aromatic rings. The highest BCUT2D eigenvalue weighted by molar-refractivity contribution is 9.10. The number of nitrogens with two attached hydrogens (primary N) is 1. The minimum atomic E-state index is -0.348. The van der Waals surface area contributed by atoms with Gasteiger partial charge in [-0.25, -0.2) is 4.39 Å². The first kappa shape index (κ1) is 14.6. The summed E-state index contributed by atoms with van der Waals surface area (Å²) in [6.07, 6.45) is 1.49. The van der Waals surface area contributed by atoms with E-state index in [1.54, 1.807) is 6.07 Å². The summed E-state index contributed by atoms with van der Waals surface area (Å²) in [6, 6.07) is 4.36. The van der Waals surface area contributed by atoms with Crippen LogP contribution in [0.4, 0.5) is 4.39 Å². The summed E-state index contributed by atoms with van der Waals surface area (Å²) in [5.74, 6) is 0.509. The summed E-state index contributed by atoms with van der Waals surface area (Å²) in [6.45, 7) is 1.67. The van der Waals surface area contributed by atoms with Gasteiger partial charge >= 0.3 is 0 Å².